The fraction of sp³-hybridized carbons (Fsp3) is 0.429. The maximum Gasteiger partial charge on any atom is 0.239 e. The molecule has 1 saturated heterocycles. The van der Waals surface area contributed by atoms with Gasteiger partial charge in [-0.15, -0.1) is 0 Å². The molecule has 1 aromatic rings. The number of carbonyl (C=O) groups is 2. The molecule has 1 N–H and O–H groups in total. The van der Waals surface area contributed by atoms with Crippen molar-refractivity contribution in [1.82, 2.24) is 10.2 Å². The van der Waals surface area contributed by atoms with E-state index >= 15 is 0 Å². The zero-order valence-electron chi connectivity index (χ0n) is 11.0. The van der Waals surface area contributed by atoms with Crippen LogP contribution in [0, 0.1) is 0 Å². The largest absolute Gasteiger partial charge is 0.497 e. The first-order chi connectivity index (χ1) is 9.19. The van der Waals surface area contributed by atoms with E-state index in [2.05, 4.69) is 5.32 Å². The third-order valence-corrected chi connectivity index (χ3v) is 3.18. The Kier molecular flexibility index (Phi) is 4.39. The smallest absolute Gasteiger partial charge is 0.239 e. The van der Waals surface area contributed by atoms with Crippen molar-refractivity contribution >= 4 is 11.8 Å². The van der Waals surface area contributed by atoms with Gasteiger partial charge in [0.25, 0.3) is 0 Å². The molecule has 0 radical (unpaired) electrons. The fourth-order valence-corrected chi connectivity index (χ4v) is 2.05. The average Bonchev–Trinajstić information content (AvgIpc) is 2.45. The molecule has 0 aliphatic carbocycles. The van der Waals surface area contributed by atoms with Crippen molar-refractivity contribution in [3.63, 3.8) is 0 Å². The van der Waals surface area contributed by atoms with Gasteiger partial charge in [0.05, 0.1) is 13.7 Å². The van der Waals surface area contributed by atoms with Gasteiger partial charge in [0.2, 0.25) is 11.8 Å². The summed E-state index contributed by atoms with van der Waals surface area (Å²) in [6.45, 7) is 1.34. The normalized spacial score (nSPS) is 15.0. The molecule has 0 spiro atoms. The molecule has 2 rings (SSSR count). The van der Waals surface area contributed by atoms with Gasteiger partial charge in [0, 0.05) is 19.5 Å². The van der Waals surface area contributed by atoms with Gasteiger partial charge in [-0.3, -0.25) is 9.59 Å². The van der Waals surface area contributed by atoms with Crippen LogP contribution in [0.25, 0.3) is 0 Å². The van der Waals surface area contributed by atoms with Crippen molar-refractivity contribution in [3.8, 4) is 5.75 Å². The Morgan fingerprint density at radius 2 is 2.11 bits per heavy atom. The first-order valence-electron chi connectivity index (χ1n) is 6.36. The number of aryl methyl sites for hydroxylation is 1. The van der Waals surface area contributed by atoms with Crippen molar-refractivity contribution in [1.29, 1.82) is 0 Å². The molecule has 5 heteroatoms. The number of hydrogen-bond donors (Lipinski definition) is 1. The lowest BCUT2D eigenvalue weighted by molar-refractivity contribution is -0.138. The molecule has 0 aromatic heterocycles. The summed E-state index contributed by atoms with van der Waals surface area (Å²) < 4.78 is 5.08. The summed E-state index contributed by atoms with van der Waals surface area (Å²) in [5.41, 5.74) is 1.09. The van der Waals surface area contributed by atoms with E-state index in [0.717, 1.165) is 11.3 Å². The van der Waals surface area contributed by atoms with Crippen LogP contribution in [-0.4, -0.2) is 43.5 Å². The summed E-state index contributed by atoms with van der Waals surface area (Å²) in [4.78, 5) is 24.8. The second kappa shape index (κ2) is 6.22. The van der Waals surface area contributed by atoms with Gasteiger partial charge in [-0.1, -0.05) is 12.1 Å². The highest BCUT2D eigenvalue weighted by Gasteiger charge is 2.20. The first-order valence-corrected chi connectivity index (χ1v) is 6.36. The Balaban J connectivity index is 1.83. The molecule has 0 bridgehead atoms. The zero-order chi connectivity index (χ0) is 13.7. The van der Waals surface area contributed by atoms with E-state index in [1.165, 1.54) is 0 Å². The molecule has 5 nitrogen and oxygen atoms in total. The van der Waals surface area contributed by atoms with Crippen LogP contribution in [0.1, 0.15) is 12.0 Å². The molecule has 0 atom stereocenters. The number of nitrogens with one attached hydrogen (secondary N) is 1. The number of rotatable bonds is 4. The lowest BCUT2D eigenvalue weighted by atomic mass is 10.1. The first kappa shape index (κ1) is 13.4. The number of ether oxygens (including phenoxy) is 1. The quantitative estimate of drug-likeness (QED) is 0.864. The maximum atomic E-state index is 12.0. The van der Waals surface area contributed by atoms with Crippen molar-refractivity contribution in [2.45, 2.75) is 12.8 Å². The predicted octanol–water partition coefficient (Wildman–Crippen LogP) is 0.586. The Labute approximate surface area is 112 Å². The number of piperazine rings is 1. The Morgan fingerprint density at radius 3 is 2.74 bits per heavy atom. The molecule has 1 aromatic carbocycles. The number of nitrogens with zero attached hydrogens (tertiary/aromatic N) is 1. The third kappa shape index (κ3) is 3.71. The number of amides is 2. The van der Waals surface area contributed by atoms with Crippen LogP contribution in [0.2, 0.25) is 0 Å². The lowest BCUT2D eigenvalue weighted by Crippen LogP contribution is -2.50. The zero-order valence-corrected chi connectivity index (χ0v) is 11.0. The molecule has 0 saturated carbocycles. The highest BCUT2D eigenvalue weighted by Crippen LogP contribution is 2.13. The molecule has 2 amide bonds. The molecule has 0 unspecified atom stereocenters. The Hall–Kier alpha value is -2.04. The van der Waals surface area contributed by atoms with E-state index in [4.69, 9.17) is 4.74 Å². The van der Waals surface area contributed by atoms with E-state index in [1.807, 2.05) is 24.3 Å². The molecule has 19 heavy (non-hydrogen) atoms. The van der Waals surface area contributed by atoms with Gasteiger partial charge in [-0.25, -0.2) is 0 Å². The molecular formula is C14H18N2O3. The SMILES string of the molecule is COc1ccc(CCC(=O)N2CCNC(=O)C2)cc1. The molecular weight excluding hydrogens is 244 g/mol. The second-order valence-electron chi connectivity index (χ2n) is 4.51. The lowest BCUT2D eigenvalue weighted by Gasteiger charge is -2.26. The molecule has 1 heterocycles. The van der Waals surface area contributed by atoms with Gasteiger partial charge in [0.15, 0.2) is 0 Å². The van der Waals surface area contributed by atoms with Crippen LogP contribution in [0.4, 0.5) is 0 Å². The Morgan fingerprint density at radius 1 is 1.37 bits per heavy atom. The van der Waals surface area contributed by atoms with Crippen LogP contribution in [0.5, 0.6) is 5.75 Å². The van der Waals surface area contributed by atoms with Crippen LogP contribution in [0.3, 0.4) is 0 Å². The second-order valence-corrected chi connectivity index (χ2v) is 4.51. The van der Waals surface area contributed by atoms with E-state index in [1.54, 1.807) is 12.0 Å². The third-order valence-electron chi connectivity index (χ3n) is 3.18. The number of carbonyl (C=O) groups excluding carboxylic acids is 2. The van der Waals surface area contributed by atoms with E-state index in [9.17, 15) is 9.59 Å². The van der Waals surface area contributed by atoms with Gasteiger partial charge >= 0.3 is 0 Å². The average molecular weight is 262 g/mol. The van der Waals surface area contributed by atoms with Gasteiger partial charge in [-0.05, 0) is 24.1 Å². The number of methoxy groups -OCH3 is 1. The summed E-state index contributed by atoms with van der Waals surface area (Å²) in [7, 11) is 1.62. The molecule has 1 aliphatic rings. The molecule has 1 aliphatic heterocycles. The maximum absolute atomic E-state index is 12.0. The summed E-state index contributed by atoms with van der Waals surface area (Å²) in [6.07, 6.45) is 1.11. The topological polar surface area (TPSA) is 58.6 Å². The van der Waals surface area contributed by atoms with Crippen molar-refractivity contribution in [2.24, 2.45) is 0 Å². The van der Waals surface area contributed by atoms with Crippen LogP contribution >= 0.6 is 0 Å². The summed E-state index contributed by atoms with van der Waals surface area (Å²) in [6, 6.07) is 7.67. The summed E-state index contributed by atoms with van der Waals surface area (Å²) in [5.74, 6) is 0.762. The Bertz CT molecular complexity index is 456. The van der Waals surface area contributed by atoms with E-state index < -0.39 is 0 Å². The summed E-state index contributed by atoms with van der Waals surface area (Å²) in [5, 5.41) is 2.71. The fourth-order valence-electron chi connectivity index (χ4n) is 2.05. The van der Waals surface area contributed by atoms with Gasteiger partial charge in [-0.2, -0.15) is 0 Å². The van der Waals surface area contributed by atoms with Crippen LogP contribution < -0.4 is 10.1 Å². The molecule has 1 fully saturated rings. The molecule has 102 valence electrons. The minimum atomic E-state index is -0.0796. The standard InChI is InChI=1S/C14H18N2O3/c1-19-12-5-2-11(3-6-12)4-7-14(18)16-9-8-15-13(17)10-16/h2-3,5-6H,4,7-10H2,1H3,(H,15,17). The monoisotopic (exact) mass is 262 g/mol. The summed E-state index contributed by atoms with van der Waals surface area (Å²) >= 11 is 0. The highest BCUT2D eigenvalue weighted by atomic mass is 16.5. The highest BCUT2D eigenvalue weighted by molar-refractivity contribution is 5.85. The van der Waals surface area contributed by atoms with Gasteiger partial charge < -0.3 is 15.0 Å². The minimum absolute atomic E-state index is 0.0330. The number of hydrogen-bond acceptors (Lipinski definition) is 3. The van der Waals surface area contributed by atoms with E-state index in [-0.39, 0.29) is 18.4 Å². The minimum Gasteiger partial charge on any atom is -0.497 e. The number of benzene rings is 1. The van der Waals surface area contributed by atoms with E-state index in [0.29, 0.717) is 25.9 Å². The van der Waals surface area contributed by atoms with Crippen LogP contribution in [0.15, 0.2) is 24.3 Å². The predicted molar refractivity (Wildman–Crippen MR) is 70.9 cm³/mol. The van der Waals surface area contributed by atoms with Crippen molar-refractivity contribution < 1.29 is 14.3 Å². The van der Waals surface area contributed by atoms with Crippen molar-refractivity contribution in [3.05, 3.63) is 29.8 Å². The van der Waals surface area contributed by atoms with Crippen LogP contribution in [-0.2, 0) is 16.0 Å². The van der Waals surface area contributed by atoms with Crippen molar-refractivity contribution in [2.75, 3.05) is 26.7 Å². The van der Waals surface area contributed by atoms with Gasteiger partial charge in [0.1, 0.15) is 5.75 Å².